The predicted octanol–water partition coefficient (Wildman–Crippen LogP) is 2.47. The van der Waals surface area contributed by atoms with Crippen LogP contribution in [0.3, 0.4) is 0 Å². The zero-order chi connectivity index (χ0) is 9.84. The maximum absolute atomic E-state index is 11.2. The highest BCUT2D eigenvalue weighted by Crippen LogP contribution is 2.22. The van der Waals surface area contributed by atoms with E-state index in [-0.39, 0.29) is 17.5 Å². The number of aromatic hydroxyl groups is 1. The van der Waals surface area contributed by atoms with E-state index in [0.29, 0.717) is 0 Å². The van der Waals surface area contributed by atoms with Crippen molar-refractivity contribution in [1.29, 1.82) is 0 Å². The van der Waals surface area contributed by atoms with Crippen LogP contribution in [0.5, 0.6) is 5.75 Å². The van der Waals surface area contributed by atoms with Crippen molar-refractivity contribution >= 4 is 5.78 Å². The van der Waals surface area contributed by atoms with Gasteiger partial charge in [-0.1, -0.05) is 19.1 Å². The minimum Gasteiger partial charge on any atom is -0.508 e. The lowest BCUT2D eigenvalue weighted by atomic mass is 9.93. The van der Waals surface area contributed by atoms with Crippen LogP contribution in [-0.4, -0.2) is 10.9 Å². The maximum Gasteiger partial charge on any atom is 0.137 e. The molecule has 0 heterocycles. The predicted molar refractivity (Wildman–Crippen MR) is 51.8 cm³/mol. The molecule has 0 saturated carbocycles. The third kappa shape index (κ3) is 2.31. The molecule has 2 nitrogen and oxygen atoms in total. The van der Waals surface area contributed by atoms with E-state index in [1.54, 1.807) is 31.2 Å². The van der Waals surface area contributed by atoms with Crippen molar-refractivity contribution in [2.75, 3.05) is 0 Å². The molecule has 70 valence electrons. The van der Waals surface area contributed by atoms with Gasteiger partial charge >= 0.3 is 0 Å². The van der Waals surface area contributed by atoms with Crippen molar-refractivity contribution in [2.24, 2.45) is 0 Å². The van der Waals surface area contributed by atoms with Crippen LogP contribution in [0.15, 0.2) is 24.3 Å². The molecule has 1 atom stereocenters. The molecule has 13 heavy (non-hydrogen) atoms. The van der Waals surface area contributed by atoms with E-state index < -0.39 is 0 Å². The number of hydrogen-bond acceptors (Lipinski definition) is 2. The van der Waals surface area contributed by atoms with Gasteiger partial charge in [0.2, 0.25) is 0 Å². The highest BCUT2D eigenvalue weighted by atomic mass is 16.3. The zero-order valence-electron chi connectivity index (χ0n) is 7.95. The Morgan fingerprint density at radius 2 is 1.92 bits per heavy atom. The Labute approximate surface area is 78.2 Å². The van der Waals surface area contributed by atoms with E-state index in [2.05, 4.69) is 0 Å². The maximum atomic E-state index is 11.2. The molecule has 0 fully saturated rings. The van der Waals surface area contributed by atoms with Crippen LogP contribution in [0.2, 0.25) is 0 Å². The first kappa shape index (κ1) is 9.78. The molecule has 1 aromatic carbocycles. The Morgan fingerprint density at radius 3 is 2.31 bits per heavy atom. The van der Waals surface area contributed by atoms with Crippen LogP contribution in [-0.2, 0) is 4.79 Å². The fourth-order valence-electron chi connectivity index (χ4n) is 1.46. The number of benzene rings is 1. The molecule has 1 rings (SSSR count). The highest BCUT2D eigenvalue weighted by molar-refractivity contribution is 5.83. The zero-order valence-corrected chi connectivity index (χ0v) is 7.95. The number of carbonyl (C=O) groups excluding carboxylic acids is 1. The van der Waals surface area contributed by atoms with Crippen LogP contribution in [0.4, 0.5) is 0 Å². The number of phenolic OH excluding ortho intramolecular Hbond substituents is 1. The fraction of sp³-hybridized carbons (Fsp3) is 0.364. The van der Waals surface area contributed by atoms with E-state index in [1.165, 1.54) is 0 Å². The molecule has 0 spiro atoms. The summed E-state index contributed by atoms with van der Waals surface area (Å²) in [5.74, 6) is 0.385. The van der Waals surface area contributed by atoms with Crippen molar-refractivity contribution in [3.63, 3.8) is 0 Å². The minimum absolute atomic E-state index is 0.0272. The van der Waals surface area contributed by atoms with Gasteiger partial charge in [-0.2, -0.15) is 0 Å². The quantitative estimate of drug-likeness (QED) is 0.772. The summed E-state index contributed by atoms with van der Waals surface area (Å²) in [4.78, 5) is 11.2. The summed E-state index contributed by atoms with van der Waals surface area (Å²) in [6.45, 7) is 3.58. The molecule has 0 aliphatic carbocycles. The first-order chi connectivity index (χ1) is 6.15. The lowest BCUT2D eigenvalue weighted by Crippen LogP contribution is -2.06. The van der Waals surface area contributed by atoms with Gasteiger partial charge in [0.15, 0.2) is 0 Å². The summed E-state index contributed by atoms with van der Waals surface area (Å²) in [6, 6.07) is 6.82. The molecule has 1 unspecified atom stereocenters. The van der Waals surface area contributed by atoms with Gasteiger partial charge in [-0.3, -0.25) is 4.79 Å². The van der Waals surface area contributed by atoms with Gasteiger partial charge in [0, 0.05) is 5.92 Å². The molecule has 0 aliphatic rings. The molecule has 1 aromatic rings. The molecule has 0 aliphatic heterocycles. The lowest BCUT2D eigenvalue weighted by molar-refractivity contribution is -0.118. The number of phenols is 1. The van der Waals surface area contributed by atoms with Gasteiger partial charge < -0.3 is 5.11 Å². The molecular formula is C11H14O2. The smallest absolute Gasteiger partial charge is 0.137 e. The van der Waals surface area contributed by atoms with Gasteiger partial charge in [-0.15, -0.1) is 0 Å². The summed E-state index contributed by atoms with van der Waals surface area (Å²) in [7, 11) is 0. The summed E-state index contributed by atoms with van der Waals surface area (Å²) in [6.07, 6.45) is 0.806. The number of carbonyl (C=O) groups is 1. The Hall–Kier alpha value is -1.31. The molecule has 2 heteroatoms. The Bertz CT molecular complexity index is 287. The van der Waals surface area contributed by atoms with Gasteiger partial charge in [-0.25, -0.2) is 0 Å². The third-order valence-corrected chi connectivity index (χ3v) is 2.19. The largest absolute Gasteiger partial charge is 0.508 e. The van der Waals surface area contributed by atoms with E-state index in [1.807, 2.05) is 6.92 Å². The third-order valence-electron chi connectivity index (χ3n) is 2.19. The van der Waals surface area contributed by atoms with E-state index >= 15 is 0 Å². The Balaban J connectivity index is 2.92. The number of rotatable bonds is 3. The summed E-state index contributed by atoms with van der Waals surface area (Å²) in [5.41, 5.74) is 0.979. The van der Waals surface area contributed by atoms with Gasteiger partial charge in [-0.05, 0) is 31.0 Å². The standard InChI is InChI=1S/C11H14O2/c1-3-11(8(2)12)9-4-6-10(13)7-5-9/h4-7,11,13H,3H2,1-2H3. The molecule has 0 amide bonds. The average molecular weight is 178 g/mol. The van der Waals surface area contributed by atoms with Crippen molar-refractivity contribution in [3.8, 4) is 5.75 Å². The molecule has 0 bridgehead atoms. The van der Waals surface area contributed by atoms with E-state index in [4.69, 9.17) is 5.11 Å². The fourth-order valence-corrected chi connectivity index (χ4v) is 1.46. The second-order valence-electron chi connectivity index (χ2n) is 3.16. The molecular weight excluding hydrogens is 164 g/mol. The summed E-state index contributed by atoms with van der Waals surface area (Å²) >= 11 is 0. The second kappa shape index (κ2) is 4.08. The van der Waals surface area contributed by atoms with E-state index in [0.717, 1.165) is 12.0 Å². The molecule has 1 N–H and O–H groups in total. The number of Topliss-reactive ketones (excluding diaryl/α,β-unsaturated/α-hetero) is 1. The van der Waals surface area contributed by atoms with Crippen molar-refractivity contribution in [2.45, 2.75) is 26.2 Å². The first-order valence-electron chi connectivity index (χ1n) is 4.44. The van der Waals surface area contributed by atoms with Crippen LogP contribution < -0.4 is 0 Å². The van der Waals surface area contributed by atoms with E-state index in [9.17, 15) is 4.79 Å². The van der Waals surface area contributed by atoms with Crippen LogP contribution in [0.25, 0.3) is 0 Å². The number of hydrogen-bond donors (Lipinski definition) is 1. The van der Waals surface area contributed by atoms with Gasteiger partial charge in [0.25, 0.3) is 0 Å². The molecule has 0 aromatic heterocycles. The Kier molecular flexibility index (Phi) is 3.07. The van der Waals surface area contributed by atoms with Crippen molar-refractivity contribution in [1.82, 2.24) is 0 Å². The Morgan fingerprint density at radius 1 is 1.38 bits per heavy atom. The van der Waals surface area contributed by atoms with Crippen molar-refractivity contribution < 1.29 is 9.90 Å². The van der Waals surface area contributed by atoms with Gasteiger partial charge in [0.1, 0.15) is 11.5 Å². The van der Waals surface area contributed by atoms with Crippen LogP contribution in [0.1, 0.15) is 31.7 Å². The van der Waals surface area contributed by atoms with Crippen LogP contribution >= 0.6 is 0 Å². The molecule has 0 radical (unpaired) electrons. The molecule has 0 saturated heterocycles. The first-order valence-corrected chi connectivity index (χ1v) is 4.44. The van der Waals surface area contributed by atoms with Crippen LogP contribution in [0, 0.1) is 0 Å². The summed E-state index contributed by atoms with van der Waals surface area (Å²) < 4.78 is 0. The normalized spacial score (nSPS) is 12.5. The second-order valence-corrected chi connectivity index (χ2v) is 3.16. The topological polar surface area (TPSA) is 37.3 Å². The SMILES string of the molecule is CCC(C(C)=O)c1ccc(O)cc1. The highest BCUT2D eigenvalue weighted by Gasteiger charge is 2.13. The lowest BCUT2D eigenvalue weighted by Gasteiger charge is -2.10. The number of ketones is 1. The van der Waals surface area contributed by atoms with Gasteiger partial charge in [0.05, 0.1) is 0 Å². The minimum atomic E-state index is -0.0272. The summed E-state index contributed by atoms with van der Waals surface area (Å²) in [5, 5.41) is 9.06. The average Bonchev–Trinajstić information content (AvgIpc) is 2.09. The van der Waals surface area contributed by atoms with Crippen molar-refractivity contribution in [3.05, 3.63) is 29.8 Å². The monoisotopic (exact) mass is 178 g/mol.